The fourth-order valence-corrected chi connectivity index (χ4v) is 4.89. The van der Waals surface area contributed by atoms with Crippen molar-refractivity contribution in [3.8, 4) is 0 Å². The van der Waals surface area contributed by atoms with Gasteiger partial charge in [-0.3, -0.25) is 10.1 Å². The van der Waals surface area contributed by atoms with Gasteiger partial charge >= 0.3 is 0 Å². The van der Waals surface area contributed by atoms with Gasteiger partial charge in [0.15, 0.2) is 0 Å². The number of benzene rings is 1. The summed E-state index contributed by atoms with van der Waals surface area (Å²) in [5, 5.41) is 13.8. The maximum Gasteiger partial charge on any atom is 0.283 e. The molecule has 1 aliphatic heterocycles. The van der Waals surface area contributed by atoms with Crippen LogP contribution in [0.4, 0.5) is 5.69 Å². The van der Waals surface area contributed by atoms with Gasteiger partial charge in [-0.1, -0.05) is 0 Å². The summed E-state index contributed by atoms with van der Waals surface area (Å²) in [6.45, 7) is 1.07. The Balaban J connectivity index is 0.00000242. The second-order valence-electron chi connectivity index (χ2n) is 4.84. The summed E-state index contributed by atoms with van der Waals surface area (Å²) in [5.74, 6) is 0. The minimum absolute atomic E-state index is 0. The fraction of sp³-hybridized carbons (Fsp3) is 0.500. The minimum Gasteiger partial charge on any atom is -0.318 e. The summed E-state index contributed by atoms with van der Waals surface area (Å²) in [4.78, 5) is 10.3. The number of hydrogen-bond acceptors (Lipinski definition) is 5. The van der Waals surface area contributed by atoms with Gasteiger partial charge in [0.2, 0.25) is 10.0 Å². The van der Waals surface area contributed by atoms with E-state index in [0.29, 0.717) is 13.1 Å². The molecule has 1 heterocycles. The van der Waals surface area contributed by atoms with Crippen molar-refractivity contribution in [2.24, 2.45) is 0 Å². The molecule has 22 heavy (non-hydrogen) atoms. The van der Waals surface area contributed by atoms with Crippen LogP contribution >= 0.6 is 28.3 Å². The van der Waals surface area contributed by atoms with E-state index in [2.05, 4.69) is 21.2 Å². The van der Waals surface area contributed by atoms with Crippen LogP contribution in [0.15, 0.2) is 27.6 Å². The van der Waals surface area contributed by atoms with Gasteiger partial charge in [0.1, 0.15) is 0 Å². The van der Waals surface area contributed by atoms with Crippen molar-refractivity contribution in [3.63, 3.8) is 0 Å². The third kappa shape index (κ3) is 3.77. The summed E-state index contributed by atoms with van der Waals surface area (Å²) >= 11 is 3.06. The Morgan fingerprint density at radius 3 is 2.73 bits per heavy atom. The van der Waals surface area contributed by atoms with Crippen molar-refractivity contribution in [1.82, 2.24) is 9.62 Å². The van der Waals surface area contributed by atoms with Crippen LogP contribution in [0.5, 0.6) is 0 Å². The Morgan fingerprint density at radius 1 is 1.50 bits per heavy atom. The molecule has 7 nitrogen and oxygen atoms in total. The number of hydrogen-bond donors (Lipinski definition) is 1. The van der Waals surface area contributed by atoms with E-state index >= 15 is 0 Å². The average molecular weight is 415 g/mol. The van der Waals surface area contributed by atoms with Gasteiger partial charge < -0.3 is 5.32 Å². The lowest BCUT2D eigenvalue weighted by Gasteiger charge is -2.23. The van der Waals surface area contributed by atoms with E-state index in [1.807, 2.05) is 0 Å². The van der Waals surface area contributed by atoms with Gasteiger partial charge in [-0.15, -0.1) is 12.4 Å². The van der Waals surface area contributed by atoms with Crippen molar-refractivity contribution in [1.29, 1.82) is 0 Å². The lowest BCUT2D eigenvalue weighted by Crippen LogP contribution is -2.40. The van der Waals surface area contributed by atoms with Crippen LogP contribution in [0.25, 0.3) is 0 Å². The Morgan fingerprint density at radius 2 is 2.18 bits per heavy atom. The zero-order valence-corrected chi connectivity index (χ0v) is 15.1. The number of nitro groups is 1. The first-order valence-corrected chi connectivity index (χ1v) is 8.71. The number of nitrogens with one attached hydrogen (secondary N) is 1. The molecule has 0 amide bonds. The highest BCUT2D eigenvalue weighted by Crippen LogP contribution is 2.31. The summed E-state index contributed by atoms with van der Waals surface area (Å²) in [6.07, 6.45) is 1.63. The molecule has 10 heteroatoms. The van der Waals surface area contributed by atoms with Crippen molar-refractivity contribution in [2.75, 3.05) is 20.1 Å². The number of sulfonamides is 1. The van der Waals surface area contributed by atoms with Crippen molar-refractivity contribution in [2.45, 2.75) is 23.8 Å². The van der Waals surface area contributed by atoms with Crippen molar-refractivity contribution >= 4 is 44.0 Å². The van der Waals surface area contributed by atoms with Gasteiger partial charge in [0.05, 0.1) is 14.3 Å². The zero-order chi connectivity index (χ0) is 15.6. The highest BCUT2D eigenvalue weighted by Gasteiger charge is 2.35. The van der Waals surface area contributed by atoms with Crippen LogP contribution in [0, 0.1) is 10.1 Å². The molecule has 0 aromatic heterocycles. The minimum atomic E-state index is -3.63. The van der Waals surface area contributed by atoms with E-state index in [4.69, 9.17) is 0 Å². The van der Waals surface area contributed by atoms with E-state index in [-0.39, 0.29) is 33.5 Å². The summed E-state index contributed by atoms with van der Waals surface area (Å²) in [7, 11) is -1.85. The largest absolute Gasteiger partial charge is 0.318 e. The summed E-state index contributed by atoms with van der Waals surface area (Å²) in [6, 6.07) is 3.71. The standard InChI is InChI=1S/C12H16BrN3O4S.ClH/c1-14-8-9-3-2-6-15(9)21(19,20)10-4-5-12(16(17)18)11(13)7-10;/h4-5,7,9,14H,2-3,6,8H2,1H3;1H. The molecule has 0 radical (unpaired) electrons. The van der Waals surface area contributed by atoms with Gasteiger partial charge in [0, 0.05) is 25.2 Å². The molecule has 1 saturated heterocycles. The van der Waals surface area contributed by atoms with Gasteiger partial charge in [-0.05, 0) is 48.0 Å². The van der Waals surface area contributed by atoms with E-state index in [1.54, 1.807) is 7.05 Å². The highest BCUT2D eigenvalue weighted by molar-refractivity contribution is 9.10. The third-order valence-electron chi connectivity index (χ3n) is 3.49. The molecule has 1 aromatic carbocycles. The second-order valence-corrected chi connectivity index (χ2v) is 7.58. The fourth-order valence-electron chi connectivity index (χ4n) is 2.50. The quantitative estimate of drug-likeness (QED) is 0.589. The Bertz CT molecular complexity index is 656. The maximum absolute atomic E-state index is 12.7. The predicted molar refractivity (Wildman–Crippen MR) is 88.9 cm³/mol. The molecule has 0 spiro atoms. The van der Waals surface area contributed by atoms with Gasteiger partial charge in [-0.25, -0.2) is 8.42 Å². The van der Waals surface area contributed by atoms with Crippen LogP contribution in [0.2, 0.25) is 0 Å². The summed E-state index contributed by atoms with van der Waals surface area (Å²) in [5.41, 5.74) is -0.151. The molecule has 1 unspecified atom stereocenters. The SMILES string of the molecule is CNCC1CCCN1S(=O)(=O)c1ccc([N+](=O)[O-])c(Br)c1.Cl. The maximum atomic E-state index is 12.7. The molecule has 124 valence electrons. The van der Waals surface area contributed by atoms with E-state index in [0.717, 1.165) is 12.8 Å². The van der Waals surface area contributed by atoms with Crippen LogP contribution in [0.3, 0.4) is 0 Å². The number of nitrogens with zero attached hydrogens (tertiary/aromatic N) is 2. The molecule has 1 N–H and O–H groups in total. The van der Waals surface area contributed by atoms with Gasteiger partial charge in [-0.2, -0.15) is 4.31 Å². The lowest BCUT2D eigenvalue weighted by molar-refractivity contribution is -0.385. The molecule has 1 aliphatic rings. The lowest BCUT2D eigenvalue weighted by atomic mass is 10.2. The van der Waals surface area contributed by atoms with Crippen LogP contribution < -0.4 is 5.32 Å². The van der Waals surface area contributed by atoms with Crippen molar-refractivity contribution in [3.05, 3.63) is 32.8 Å². The first-order chi connectivity index (χ1) is 9.87. The number of likely N-dealkylation sites (N-methyl/N-ethyl adjacent to an activating group) is 1. The zero-order valence-electron chi connectivity index (χ0n) is 11.9. The molecule has 1 fully saturated rings. The molecule has 0 aliphatic carbocycles. The van der Waals surface area contributed by atoms with Crippen molar-refractivity contribution < 1.29 is 13.3 Å². The molecule has 0 bridgehead atoms. The summed E-state index contributed by atoms with van der Waals surface area (Å²) < 4.78 is 27.0. The van der Waals surface area contributed by atoms with Crippen LogP contribution in [0.1, 0.15) is 12.8 Å². The first kappa shape index (κ1) is 19.3. The smallest absolute Gasteiger partial charge is 0.283 e. The Kier molecular flexibility index (Phi) is 6.75. The number of nitro benzene ring substituents is 1. The van der Waals surface area contributed by atoms with Crippen LogP contribution in [-0.4, -0.2) is 43.8 Å². The number of halogens is 2. The normalized spacial score (nSPS) is 18.9. The molecular formula is C12H17BrClN3O4S. The second kappa shape index (κ2) is 7.69. The molecule has 0 saturated carbocycles. The third-order valence-corrected chi connectivity index (χ3v) is 6.07. The van der Waals surface area contributed by atoms with Crippen LogP contribution in [-0.2, 0) is 10.0 Å². The van der Waals surface area contributed by atoms with Gasteiger partial charge in [0.25, 0.3) is 5.69 Å². The van der Waals surface area contributed by atoms with E-state index < -0.39 is 14.9 Å². The highest BCUT2D eigenvalue weighted by atomic mass is 79.9. The van der Waals surface area contributed by atoms with E-state index in [1.165, 1.54) is 22.5 Å². The monoisotopic (exact) mass is 413 g/mol. The molecular weight excluding hydrogens is 398 g/mol. The Labute approximate surface area is 143 Å². The first-order valence-electron chi connectivity index (χ1n) is 6.48. The Hall–Kier alpha value is -0.740. The topological polar surface area (TPSA) is 92.6 Å². The average Bonchev–Trinajstić information content (AvgIpc) is 2.87. The molecule has 2 rings (SSSR count). The molecule has 1 atom stereocenters. The number of rotatable bonds is 5. The molecule has 1 aromatic rings. The van der Waals surface area contributed by atoms with E-state index in [9.17, 15) is 18.5 Å². The predicted octanol–water partition coefficient (Wildman–Crippen LogP) is 2.15.